The van der Waals surface area contributed by atoms with E-state index in [1.165, 1.54) is 11.4 Å². The smallest absolute Gasteiger partial charge is 0.0496 e. The molecule has 1 aromatic heterocycles. The van der Waals surface area contributed by atoms with E-state index in [1.807, 2.05) is 6.92 Å². The van der Waals surface area contributed by atoms with Crippen LogP contribution in [0, 0.1) is 13.8 Å². The second-order valence-corrected chi connectivity index (χ2v) is 5.34. The molecular formula is C10H17NOS. The number of aryl methyl sites for hydroxylation is 2. The quantitative estimate of drug-likeness (QED) is 0.728. The molecule has 0 aliphatic carbocycles. The van der Waals surface area contributed by atoms with Crippen LogP contribution in [-0.4, -0.2) is 20.3 Å². The van der Waals surface area contributed by atoms with Crippen LogP contribution in [0.5, 0.6) is 0 Å². The summed E-state index contributed by atoms with van der Waals surface area (Å²) in [6.07, 6.45) is 1.76. The molecule has 0 radical (unpaired) electrons. The van der Waals surface area contributed by atoms with E-state index >= 15 is 0 Å². The first-order chi connectivity index (χ1) is 6.02. The van der Waals surface area contributed by atoms with E-state index in [-0.39, 0.29) is 5.25 Å². The molecule has 2 unspecified atom stereocenters. The van der Waals surface area contributed by atoms with Gasteiger partial charge in [0.1, 0.15) is 0 Å². The molecule has 1 rings (SSSR count). The van der Waals surface area contributed by atoms with Crippen molar-refractivity contribution in [2.24, 2.45) is 0 Å². The normalized spacial score (nSPS) is 15.7. The van der Waals surface area contributed by atoms with Crippen molar-refractivity contribution >= 4 is 10.8 Å². The van der Waals surface area contributed by atoms with Gasteiger partial charge in [-0.3, -0.25) is 4.21 Å². The van der Waals surface area contributed by atoms with Crippen LogP contribution < -0.4 is 0 Å². The number of nitrogens with zero attached hydrogens (tertiary/aromatic N) is 1. The third-order valence-corrected chi connectivity index (χ3v) is 3.71. The highest BCUT2D eigenvalue weighted by molar-refractivity contribution is 7.84. The minimum absolute atomic E-state index is 0.227. The van der Waals surface area contributed by atoms with E-state index in [4.69, 9.17) is 0 Å². The Balaban J connectivity index is 2.79. The van der Waals surface area contributed by atoms with Gasteiger partial charge in [0.25, 0.3) is 0 Å². The van der Waals surface area contributed by atoms with Gasteiger partial charge in [0.2, 0.25) is 0 Å². The van der Waals surface area contributed by atoms with Gasteiger partial charge < -0.3 is 4.57 Å². The Morgan fingerprint density at radius 2 is 1.85 bits per heavy atom. The van der Waals surface area contributed by atoms with Crippen molar-refractivity contribution in [3.63, 3.8) is 0 Å². The zero-order chi connectivity index (χ0) is 10.0. The Morgan fingerprint density at radius 1 is 1.38 bits per heavy atom. The molecule has 3 heteroatoms. The van der Waals surface area contributed by atoms with Crippen molar-refractivity contribution in [2.45, 2.75) is 32.6 Å². The third kappa shape index (κ3) is 2.44. The summed E-state index contributed by atoms with van der Waals surface area (Å²) in [5, 5.41) is 0.227. The fourth-order valence-electron chi connectivity index (χ4n) is 1.35. The van der Waals surface area contributed by atoms with Crippen molar-refractivity contribution in [3.8, 4) is 0 Å². The molecule has 0 amide bonds. The predicted molar refractivity (Wildman–Crippen MR) is 57.4 cm³/mol. The van der Waals surface area contributed by atoms with Crippen LogP contribution >= 0.6 is 0 Å². The van der Waals surface area contributed by atoms with Gasteiger partial charge in [-0.1, -0.05) is 0 Å². The van der Waals surface area contributed by atoms with Crippen LogP contribution in [0.25, 0.3) is 0 Å². The third-order valence-electron chi connectivity index (χ3n) is 2.42. The van der Waals surface area contributed by atoms with Crippen molar-refractivity contribution in [2.75, 3.05) is 6.26 Å². The lowest BCUT2D eigenvalue weighted by molar-refractivity contribution is 0.628. The molecule has 0 aromatic carbocycles. The van der Waals surface area contributed by atoms with Crippen LogP contribution in [0.3, 0.4) is 0 Å². The molecule has 1 aromatic rings. The van der Waals surface area contributed by atoms with Gasteiger partial charge >= 0.3 is 0 Å². The predicted octanol–water partition coefficient (Wildman–Crippen LogP) is 1.87. The second-order valence-electron chi connectivity index (χ2n) is 3.54. The van der Waals surface area contributed by atoms with Crippen LogP contribution in [0.2, 0.25) is 0 Å². The monoisotopic (exact) mass is 199 g/mol. The van der Waals surface area contributed by atoms with Gasteiger partial charge in [-0.05, 0) is 32.9 Å². The summed E-state index contributed by atoms with van der Waals surface area (Å²) >= 11 is 0. The maximum atomic E-state index is 11.2. The Bertz CT molecular complexity index is 297. The molecule has 1 heterocycles. The average molecular weight is 199 g/mol. The van der Waals surface area contributed by atoms with Gasteiger partial charge in [-0.2, -0.15) is 0 Å². The molecule has 74 valence electrons. The maximum absolute atomic E-state index is 11.2. The van der Waals surface area contributed by atoms with Crippen LogP contribution in [-0.2, 0) is 17.3 Å². The highest BCUT2D eigenvalue weighted by Gasteiger charge is 2.09. The Morgan fingerprint density at radius 3 is 2.23 bits per heavy atom. The molecule has 0 fully saturated rings. The number of aromatic nitrogens is 1. The fraction of sp³-hybridized carbons (Fsp3) is 0.600. The molecule has 2 atom stereocenters. The standard InChI is InChI=1S/C10H17NOS/c1-8-5-6-9(2)11(8)7-10(3)13(4)12/h5-6,10H,7H2,1-4H3. The fourth-order valence-corrected chi connectivity index (χ4v) is 1.71. The zero-order valence-electron chi connectivity index (χ0n) is 8.70. The zero-order valence-corrected chi connectivity index (χ0v) is 9.52. The van der Waals surface area contributed by atoms with E-state index < -0.39 is 10.8 Å². The molecule has 13 heavy (non-hydrogen) atoms. The van der Waals surface area contributed by atoms with E-state index in [0.717, 1.165) is 6.54 Å². The van der Waals surface area contributed by atoms with Crippen LogP contribution in [0.15, 0.2) is 12.1 Å². The van der Waals surface area contributed by atoms with E-state index in [1.54, 1.807) is 6.26 Å². The van der Waals surface area contributed by atoms with E-state index in [9.17, 15) is 4.21 Å². The number of rotatable bonds is 3. The van der Waals surface area contributed by atoms with Gasteiger partial charge in [0.05, 0.1) is 0 Å². The first-order valence-corrected chi connectivity index (χ1v) is 6.09. The van der Waals surface area contributed by atoms with Gasteiger partial charge in [0.15, 0.2) is 0 Å². The van der Waals surface area contributed by atoms with E-state index in [0.29, 0.717) is 0 Å². The van der Waals surface area contributed by atoms with Crippen LogP contribution in [0.4, 0.5) is 0 Å². The highest BCUT2D eigenvalue weighted by Crippen LogP contribution is 2.09. The van der Waals surface area contributed by atoms with Crippen LogP contribution in [0.1, 0.15) is 18.3 Å². The molecule has 0 spiro atoms. The number of hydrogen-bond acceptors (Lipinski definition) is 1. The highest BCUT2D eigenvalue weighted by atomic mass is 32.2. The summed E-state index contributed by atoms with van der Waals surface area (Å²) in [6.45, 7) is 7.04. The molecule has 2 nitrogen and oxygen atoms in total. The number of hydrogen-bond donors (Lipinski definition) is 0. The van der Waals surface area contributed by atoms with Gasteiger partial charge in [-0.25, -0.2) is 0 Å². The lowest BCUT2D eigenvalue weighted by Gasteiger charge is -2.13. The molecule has 0 saturated carbocycles. The van der Waals surface area contributed by atoms with Gasteiger partial charge in [-0.15, -0.1) is 0 Å². The summed E-state index contributed by atoms with van der Waals surface area (Å²) in [5.41, 5.74) is 2.49. The Kier molecular flexibility index (Phi) is 3.31. The molecule has 0 saturated heterocycles. The minimum atomic E-state index is -0.732. The summed E-state index contributed by atoms with van der Waals surface area (Å²) in [4.78, 5) is 0. The lowest BCUT2D eigenvalue weighted by atomic mass is 10.4. The summed E-state index contributed by atoms with van der Waals surface area (Å²) in [6, 6.07) is 4.20. The molecular weight excluding hydrogens is 182 g/mol. The molecule has 0 bridgehead atoms. The lowest BCUT2D eigenvalue weighted by Crippen LogP contribution is -2.18. The summed E-state index contributed by atoms with van der Waals surface area (Å²) in [5.74, 6) is 0. The molecule has 0 N–H and O–H groups in total. The Labute approximate surface area is 82.4 Å². The maximum Gasteiger partial charge on any atom is 0.0496 e. The second kappa shape index (κ2) is 4.09. The van der Waals surface area contributed by atoms with Crippen molar-refractivity contribution in [1.29, 1.82) is 0 Å². The van der Waals surface area contributed by atoms with Crippen molar-refractivity contribution < 1.29 is 4.21 Å². The van der Waals surface area contributed by atoms with Gasteiger partial charge in [0, 0.05) is 40.2 Å². The van der Waals surface area contributed by atoms with Crippen molar-refractivity contribution in [3.05, 3.63) is 23.5 Å². The first kappa shape index (κ1) is 10.5. The molecule has 0 aliphatic heterocycles. The largest absolute Gasteiger partial charge is 0.348 e. The Hall–Kier alpha value is -0.570. The summed E-state index contributed by atoms with van der Waals surface area (Å²) < 4.78 is 13.4. The first-order valence-electron chi connectivity index (χ1n) is 4.47. The topological polar surface area (TPSA) is 22.0 Å². The SMILES string of the molecule is Cc1ccc(C)n1CC(C)S(C)=O. The summed E-state index contributed by atoms with van der Waals surface area (Å²) in [7, 11) is -0.732. The van der Waals surface area contributed by atoms with E-state index in [2.05, 4.69) is 30.5 Å². The van der Waals surface area contributed by atoms with Crippen molar-refractivity contribution in [1.82, 2.24) is 4.57 Å². The average Bonchev–Trinajstić information content (AvgIpc) is 2.35. The minimum Gasteiger partial charge on any atom is -0.348 e. The molecule has 0 aliphatic rings.